The van der Waals surface area contributed by atoms with Crippen LogP contribution in [-0.4, -0.2) is 4.98 Å². The zero-order valence-corrected chi connectivity index (χ0v) is 15.3. The Balaban J connectivity index is 1.78. The molecule has 3 aromatic rings. The second-order valence-corrected chi connectivity index (χ2v) is 10.1. The first-order valence-corrected chi connectivity index (χ1v) is 10.5. The Morgan fingerprint density at radius 2 is 2.04 bits per heavy atom. The van der Waals surface area contributed by atoms with Gasteiger partial charge in [-0.1, -0.05) is 30.1 Å². The summed E-state index contributed by atoms with van der Waals surface area (Å²) < 4.78 is 19.2. The van der Waals surface area contributed by atoms with Crippen LogP contribution in [0.25, 0.3) is 10.8 Å². The van der Waals surface area contributed by atoms with Crippen LogP contribution >= 0.6 is 41.7 Å². The molecule has 3 nitrogen and oxygen atoms in total. The van der Waals surface area contributed by atoms with Crippen molar-refractivity contribution in [1.29, 1.82) is 0 Å². The minimum Gasteiger partial charge on any atom is -0.460 e. The van der Waals surface area contributed by atoms with E-state index in [4.69, 9.17) is 27.6 Å². The van der Waals surface area contributed by atoms with E-state index in [9.17, 15) is 4.57 Å². The molecule has 0 N–H and O–H groups in total. The fraction of sp³-hybridized carbons (Fsp3) is 0.188. The van der Waals surface area contributed by atoms with Gasteiger partial charge in [-0.3, -0.25) is 0 Å². The Hall–Kier alpha value is -1.06. The maximum absolute atomic E-state index is 13.6. The van der Waals surface area contributed by atoms with Crippen molar-refractivity contribution in [3.05, 3.63) is 51.6 Å². The average Bonchev–Trinajstić information content (AvgIpc) is 2.97. The molecule has 0 radical (unpaired) electrons. The van der Waals surface area contributed by atoms with Crippen LogP contribution < -0.4 is 10.6 Å². The zero-order valence-electron chi connectivity index (χ0n) is 12.1. The van der Waals surface area contributed by atoms with Gasteiger partial charge in [0, 0.05) is 27.3 Å². The number of fused-ring (bicyclic) bond motifs is 1. The van der Waals surface area contributed by atoms with Gasteiger partial charge in [-0.15, -0.1) is 11.3 Å². The van der Waals surface area contributed by atoms with E-state index in [0.717, 1.165) is 27.6 Å². The van der Waals surface area contributed by atoms with Gasteiger partial charge >= 0.3 is 0 Å². The lowest BCUT2D eigenvalue weighted by Gasteiger charge is -2.16. The summed E-state index contributed by atoms with van der Waals surface area (Å²) >= 11 is 13.7. The molecule has 0 saturated heterocycles. The van der Waals surface area contributed by atoms with Crippen molar-refractivity contribution in [2.24, 2.45) is 0 Å². The molecule has 118 valence electrons. The number of furan rings is 1. The summed E-state index contributed by atoms with van der Waals surface area (Å²) in [4.78, 5) is 4.27. The number of benzene rings is 1. The molecule has 23 heavy (non-hydrogen) atoms. The first-order chi connectivity index (χ1) is 11.1. The fourth-order valence-corrected chi connectivity index (χ4v) is 7.73. The first-order valence-electron chi connectivity index (χ1n) is 7.14. The van der Waals surface area contributed by atoms with Gasteiger partial charge in [-0.2, -0.15) is 0 Å². The van der Waals surface area contributed by atoms with Crippen LogP contribution in [0.1, 0.15) is 24.6 Å². The van der Waals surface area contributed by atoms with Crippen molar-refractivity contribution < 1.29 is 8.98 Å². The monoisotopic (exact) mass is 383 g/mol. The van der Waals surface area contributed by atoms with E-state index in [1.54, 1.807) is 18.5 Å². The molecule has 1 aliphatic rings. The summed E-state index contributed by atoms with van der Waals surface area (Å²) in [6.45, 7) is 2.03. The molecule has 2 unspecified atom stereocenters. The molecule has 3 heterocycles. The van der Waals surface area contributed by atoms with E-state index >= 15 is 0 Å². The van der Waals surface area contributed by atoms with Crippen molar-refractivity contribution in [1.82, 2.24) is 4.98 Å². The standard InChI is InChI=1S/C16H12Cl2NO2PS/c1-2-12(9-5-10(17)7-11(18)6-9)22(20)13-8-21-14(15(13)22)16-19-3-4-23-16/h3-8,12H,2H2,1H3. The third-order valence-corrected chi connectivity index (χ3v) is 8.79. The molecular formula is C16H12Cl2NO2PS. The third-order valence-electron chi connectivity index (χ3n) is 4.11. The summed E-state index contributed by atoms with van der Waals surface area (Å²) in [7, 11) is -2.63. The molecule has 2 atom stereocenters. The quantitative estimate of drug-likeness (QED) is 0.559. The SMILES string of the molecule is CCC(c1cc(Cl)cc(Cl)c1)P1(=O)c2coc(-c3nccs3)c21. The molecule has 0 amide bonds. The highest BCUT2D eigenvalue weighted by Gasteiger charge is 2.56. The summed E-state index contributed by atoms with van der Waals surface area (Å²) in [5, 5.41) is 5.42. The summed E-state index contributed by atoms with van der Waals surface area (Å²) in [6, 6.07) is 5.38. The maximum atomic E-state index is 13.6. The topological polar surface area (TPSA) is 43.1 Å². The van der Waals surface area contributed by atoms with Gasteiger partial charge < -0.3 is 8.98 Å². The van der Waals surface area contributed by atoms with Crippen molar-refractivity contribution >= 4 is 52.3 Å². The lowest BCUT2D eigenvalue weighted by atomic mass is 10.1. The van der Waals surface area contributed by atoms with Crippen LogP contribution in [0.2, 0.25) is 10.0 Å². The Labute approximate surface area is 147 Å². The van der Waals surface area contributed by atoms with Crippen molar-refractivity contribution in [3.8, 4) is 10.8 Å². The summed E-state index contributed by atoms with van der Waals surface area (Å²) in [5.41, 5.74) is 0.786. The number of hydrogen-bond acceptors (Lipinski definition) is 4. The molecule has 0 saturated carbocycles. The minimum atomic E-state index is -2.63. The molecule has 0 bridgehead atoms. The van der Waals surface area contributed by atoms with Crippen LogP contribution in [-0.2, 0) is 4.57 Å². The van der Waals surface area contributed by atoms with Gasteiger partial charge in [0.25, 0.3) is 0 Å². The normalized spacial score (nSPS) is 20.3. The first kappa shape index (κ1) is 15.5. The molecule has 0 spiro atoms. The Kier molecular flexibility index (Phi) is 3.69. The molecule has 0 aliphatic carbocycles. The zero-order chi connectivity index (χ0) is 16.2. The smallest absolute Gasteiger partial charge is 0.174 e. The van der Waals surface area contributed by atoms with Gasteiger partial charge in [0.1, 0.15) is 6.26 Å². The number of thiazole rings is 1. The Morgan fingerprint density at radius 1 is 1.30 bits per heavy atom. The van der Waals surface area contributed by atoms with E-state index < -0.39 is 7.14 Å². The summed E-state index contributed by atoms with van der Waals surface area (Å²) in [6.07, 6.45) is 4.07. The average molecular weight is 384 g/mol. The summed E-state index contributed by atoms with van der Waals surface area (Å²) in [5.74, 6) is 0.643. The Morgan fingerprint density at radius 3 is 2.65 bits per heavy atom. The van der Waals surface area contributed by atoms with Crippen LogP contribution in [0, 0.1) is 0 Å². The highest BCUT2D eigenvalue weighted by Crippen LogP contribution is 2.69. The highest BCUT2D eigenvalue weighted by atomic mass is 35.5. The second kappa shape index (κ2) is 5.49. The van der Waals surface area contributed by atoms with Crippen LogP contribution in [0.3, 0.4) is 0 Å². The number of aromatic nitrogens is 1. The predicted octanol–water partition coefficient (Wildman–Crippen LogP) is 5.49. The number of rotatable bonds is 4. The van der Waals surface area contributed by atoms with Crippen molar-refractivity contribution in [2.45, 2.75) is 19.0 Å². The largest absolute Gasteiger partial charge is 0.460 e. The second-order valence-electron chi connectivity index (χ2n) is 5.42. The highest BCUT2D eigenvalue weighted by molar-refractivity contribution is 7.89. The fourth-order valence-electron chi connectivity index (χ4n) is 3.11. The van der Waals surface area contributed by atoms with E-state index in [1.165, 1.54) is 11.3 Å². The molecule has 2 aromatic heterocycles. The number of halogens is 2. The number of hydrogen-bond donors (Lipinski definition) is 0. The van der Waals surface area contributed by atoms with Gasteiger partial charge in [0.05, 0.1) is 10.6 Å². The van der Waals surface area contributed by atoms with Gasteiger partial charge in [-0.05, 0) is 30.2 Å². The van der Waals surface area contributed by atoms with Gasteiger partial charge in [-0.25, -0.2) is 4.98 Å². The van der Waals surface area contributed by atoms with Crippen LogP contribution in [0.4, 0.5) is 0 Å². The number of nitrogens with zero attached hydrogens (tertiary/aromatic N) is 1. The molecule has 7 heteroatoms. The van der Waals surface area contributed by atoms with Crippen molar-refractivity contribution in [2.75, 3.05) is 0 Å². The molecule has 4 rings (SSSR count). The lowest BCUT2D eigenvalue weighted by Crippen LogP contribution is -1.98. The molecule has 1 aromatic carbocycles. The third kappa shape index (κ3) is 2.32. The van der Waals surface area contributed by atoms with E-state index in [2.05, 4.69) is 4.98 Å². The van der Waals surface area contributed by atoms with E-state index in [-0.39, 0.29) is 5.66 Å². The lowest BCUT2D eigenvalue weighted by molar-refractivity contribution is 0.568. The van der Waals surface area contributed by atoms with Gasteiger partial charge in [0.15, 0.2) is 17.9 Å². The van der Waals surface area contributed by atoms with Crippen molar-refractivity contribution in [3.63, 3.8) is 0 Å². The predicted molar refractivity (Wildman–Crippen MR) is 96.2 cm³/mol. The van der Waals surface area contributed by atoms with Crippen LogP contribution in [0.15, 0.2) is 40.5 Å². The molecule has 0 fully saturated rings. The van der Waals surface area contributed by atoms with E-state index in [0.29, 0.717) is 15.8 Å². The molecule has 1 aliphatic heterocycles. The minimum absolute atomic E-state index is 0.126. The Bertz CT molecular complexity index is 915. The van der Waals surface area contributed by atoms with Crippen LogP contribution in [0.5, 0.6) is 0 Å². The maximum Gasteiger partial charge on any atom is 0.174 e. The van der Waals surface area contributed by atoms with Gasteiger partial charge in [0.2, 0.25) is 0 Å². The molecular weight excluding hydrogens is 372 g/mol. The van der Waals surface area contributed by atoms with E-state index in [1.807, 2.05) is 24.4 Å².